The van der Waals surface area contributed by atoms with Crippen LogP contribution < -0.4 is 16.4 Å². The molecule has 2 aromatic heterocycles. The van der Waals surface area contributed by atoms with Crippen LogP contribution in [0.3, 0.4) is 0 Å². The Balaban J connectivity index is 1.59. The number of aromatic nitrogens is 2. The van der Waals surface area contributed by atoms with E-state index >= 15 is 0 Å². The molecule has 0 atom stereocenters. The number of pyridine rings is 1. The summed E-state index contributed by atoms with van der Waals surface area (Å²) in [5, 5.41) is 12.2. The first-order valence-corrected chi connectivity index (χ1v) is 11.0. The molecule has 0 aliphatic carbocycles. The highest BCUT2D eigenvalue weighted by Crippen LogP contribution is 2.28. The number of fused-ring (bicyclic) bond motifs is 1. The summed E-state index contributed by atoms with van der Waals surface area (Å²) in [6.45, 7) is 1.06. The van der Waals surface area contributed by atoms with Gasteiger partial charge in [0.1, 0.15) is 11.2 Å². The number of hydrogen-bond donors (Lipinski definition) is 4. The minimum absolute atomic E-state index is 0.218. The number of carbonyl (C=O) groups excluding carboxylic acids is 2. The third kappa shape index (κ3) is 5.16. The zero-order valence-corrected chi connectivity index (χ0v) is 19.8. The maximum absolute atomic E-state index is 12.8. The lowest BCUT2D eigenvalue weighted by Crippen LogP contribution is -2.23. The standard InChI is InChI=1S/C26H27N5O4/c1-30(2)14-17-6-8-18(9-7-17)21-15-31(3)26(34)23-20(21)12-22(28-23)25(33)27-13-16-4-10-19(11-5-16)24(32)29-35/h4-12,15,28,35H,13-14H2,1-3H3,(H,27,33)(H,29,32). The fourth-order valence-corrected chi connectivity index (χ4v) is 3.96. The van der Waals surface area contributed by atoms with Gasteiger partial charge in [-0.1, -0.05) is 36.4 Å². The quantitative estimate of drug-likeness (QED) is 0.243. The van der Waals surface area contributed by atoms with Gasteiger partial charge >= 0.3 is 0 Å². The molecular weight excluding hydrogens is 446 g/mol. The van der Waals surface area contributed by atoms with Crippen molar-refractivity contribution in [3.05, 3.63) is 93.5 Å². The number of aromatic amines is 1. The first kappa shape index (κ1) is 23.9. The number of H-pyrrole nitrogens is 1. The van der Waals surface area contributed by atoms with Gasteiger partial charge in [0.2, 0.25) is 0 Å². The monoisotopic (exact) mass is 473 g/mol. The molecule has 0 saturated carbocycles. The predicted molar refractivity (Wildman–Crippen MR) is 133 cm³/mol. The molecule has 2 amide bonds. The largest absolute Gasteiger partial charge is 0.347 e. The molecule has 9 heteroatoms. The molecule has 0 radical (unpaired) electrons. The molecule has 0 saturated heterocycles. The van der Waals surface area contributed by atoms with Crippen molar-refractivity contribution in [3.8, 4) is 11.1 Å². The molecule has 0 spiro atoms. The van der Waals surface area contributed by atoms with Crippen LogP contribution >= 0.6 is 0 Å². The molecule has 2 heterocycles. The summed E-state index contributed by atoms with van der Waals surface area (Å²) >= 11 is 0. The Morgan fingerprint density at radius 2 is 1.66 bits per heavy atom. The first-order chi connectivity index (χ1) is 16.8. The Bertz CT molecular complexity index is 1430. The number of hydrogen-bond acceptors (Lipinski definition) is 5. The van der Waals surface area contributed by atoms with Crippen molar-refractivity contribution in [1.29, 1.82) is 0 Å². The molecule has 0 aliphatic rings. The number of benzene rings is 2. The Hall–Kier alpha value is -4.21. The van der Waals surface area contributed by atoms with Gasteiger partial charge in [-0.05, 0) is 49.0 Å². The zero-order chi connectivity index (χ0) is 25.1. The molecule has 2 aromatic carbocycles. The Kier molecular flexibility index (Phi) is 6.81. The van der Waals surface area contributed by atoms with Crippen LogP contribution in [0.15, 0.2) is 65.6 Å². The van der Waals surface area contributed by atoms with Crippen molar-refractivity contribution in [2.75, 3.05) is 14.1 Å². The van der Waals surface area contributed by atoms with Gasteiger partial charge in [0.05, 0.1) is 0 Å². The summed E-state index contributed by atoms with van der Waals surface area (Å²) in [6, 6.07) is 16.3. The van der Waals surface area contributed by atoms with Gasteiger partial charge in [-0.25, -0.2) is 5.48 Å². The molecule has 180 valence electrons. The van der Waals surface area contributed by atoms with Crippen LogP contribution in [0.2, 0.25) is 0 Å². The van der Waals surface area contributed by atoms with E-state index in [1.165, 1.54) is 10.1 Å². The number of aryl methyl sites for hydroxylation is 1. The lowest BCUT2D eigenvalue weighted by Gasteiger charge is -2.11. The summed E-state index contributed by atoms with van der Waals surface area (Å²) in [5.41, 5.74) is 6.07. The molecule has 0 fully saturated rings. The topological polar surface area (TPSA) is 119 Å². The van der Waals surface area contributed by atoms with Gasteiger partial charge in [-0.3, -0.25) is 19.6 Å². The van der Waals surface area contributed by atoms with Crippen molar-refractivity contribution in [1.82, 2.24) is 25.2 Å². The smallest absolute Gasteiger partial charge is 0.274 e. The predicted octanol–water partition coefficient (Wildman–Crippen LogP) is 2.64. The van der Waals surface area contributed by atoms with Gasteiger partial charge in [0.25, 0.3) is 17.4 Å². The van der Waals surface area contributed by atoms with E-state index in [1.807, 2.05) is 26.2 Å². The molecule has 0 unspecified atom stereocenters. The fraction of sp³-hybridized carbons (Fsp3) is 0.192. The minimum atomic E-state index is -0.608. The Labute approximate surface area is 202 Å². The molecule has 9 nitrogen and oxygen atoms in total. The van der Waals surface area contributed by atoms with Crippen molar-refractivity contribution in [2.45, 2.75) is 13.1 Å². The second-order valence-electron chi connectivity index (χ2n) is 8.69. The first-order valence-electron chi connectivity index (χ1n) is 11.0. The van der Waals surface area contributed by atoms with Crippen LogP contribution in [0.1, 0.15) is 32.0 Å². The van der Waals surface area contributed by atoms with Crippen LogP contribution in [0.25, 0.3) is 22.0 Å². The van der Waals surface area contributed by atoms with E-state index in [1.54, 1.807) is 49.1 Å². The van der Waals surface area contributed by atoms with Crippen molar-refractivity contribution >= 4 is 22.7 Å². The third-order valence-corrected chi connectivity index (χ3v) is 5.74. The molecule has 4 aromatic rings. The number of carbonyl (C=O) groups is 2. The van der Waals surface area contributed by atoms with E-state index in [0.29, 0.717) is 16.5 Å². The third-order valence-electron chi connectivity index (χ3n) is 5.74. The van der Waals surface area contributed by atoms with E-state index in [9.17, 15) is 14.4 Å². The van der Waals surface area contributed by atoms with E-state index in [4.69, 9.17) is 5.21 Å². The normalized spacial score (nSPS) is 11.1. The number of hydroxylamine groups is 1. The van der Waals surface area contributed by atoms with Crippen LogP contribution in [-0.2, 0) is 20.1 Å². The van der Waals surface area contributed by atoms with Gasteiger partial charge < -0.3 is 19.8 Å². The van der Waals surface area contributed by atoms with E-state index in [0.717, 1.165) is 23.2 Å². The minimum Gasteiger partial charge on any atom is -0.347 e. The van der Waals surface area contributed by atoms with Crippen molar-refractivity contribution < 1.29 is 14.8 Å². The van der Waals surface area contributed by atoms with Crippen molar-refractivity contribution in [3.63, 3.8) is 0 Å². The van der Waals surface area contributed by atoms with Gasteiger partial charge in [0, 0.05) is 42.8 Å². The zero-order valence-electron chi connectivity index (χ0n) is 19.8. The highest BCUT2D eigenvalue weighted by atomic mass is 16.5. The molecule has 0 bridgehead atoms. The second-order valence-corrected chi connectivity index (χ2v) is 8.69. The maximum Gasteiger partial charge on any atom is 0.274 e. The average molecular weight is 474 g/mol. The molecule has 0 aliphatic heterocycles. The summed E-state index contributed by atoms with van der Waals surface area (Å²) in [6.07, 6.45) is 1.78. The summed E-state index contributed by atoms with van der Waals surface area (Å²) in [4.78, 5) is 42.1. The number of nitrogens with zero attached hydrogens (tertiary/aromatic N) is 2. The summed E-state index contributed by atoms with van der Waals surface area (Å²) < 4.78 is 1.51. The fourth-order valence-electron chi connectivity index (χ4n) is 3.96. The van der Waals surface area contributed by atoms with Gasteiger partial charge in [0.15, 0.2) is 0 Å². The van der Waals surface area contributed by atoms with Gasteiger partial charge in [-0.15, -0.1) is 0 Å². The molecule has 4 rings (SSSR count). The van der Waals surface area contributed by atoms with Crippen LogP contribution in [0, 0.1) is 0 Å². The number of amides is 2. The Morgan fingerprint density at radius 1 is 1.00 bits per heavy atom. The van der Waals surface area contributed by atoms with E-state index in [-0.39, 0.29) is 23.7 Å². The summed E-state index contributed by atoms with van der Waals surface area (Å²) in [5.74, 6) is -0.962. The van der Waals surface area contributed by atoms with Crippen molar-refractivity contribution in [2.24, 2.45) is 7.05 Å². The summed E-state index contributed by atoms with van der Waals surface area (Å²) in [7, 11) is 5.72. The van der Waals surface area contributed by atoms with Crippen LogP contribution in [0.4, 0.5) is 0 Å². The Morgan fingerprint density at radius 3 is 2.29 bits per heavy atom. The van der Waals surface area contributed by atoms with Crippen LogP contribution in [-0.4, -0.2) is 45.6 Å². The van der Waals surface area contributed by atoms with E-state index in [2.05, 4.69) is 27.3 Å². The second kappa shape index (κ2) is 9.96. The lowest BCUT2D eigenvalue weighted by atomic mass is 10.0. The highest BCUT2D eigenvalue weighted by Gasteiger charge is 2.16. The average Bonchev–Trinajstić information content (AvgIpc) is 3.31. The lowest BCUT2D eigenvalue weighted by molar-refractivity contribution is 0.0706. The molecular formula is C26H27N5O4. The number of nitrogens with one attached hydrogen (secondary N) is 3. The van der Waals surface area contributed by atoms with Gasteiger partial charge in [-0.2, -0.15) is 0 Å². The molecule has 35 heavy (non-hydrogen) atoms. The highest BCUT2D eigenvalue weighted by molar-refractivity contribution is 6.02. The van der Waals surface area contributed by atoms with E-state index < -0.39 is 5.91 Å². The van der Waals surface area contributed by atoms with Crippen LogP contribution in [0.5, 0.6) is 0 Å². The molecule has 4 N–H and O–H groups in total. The SMILES string of the molecule is CN(C)Cc1ccc(-c2cn(C)c(=O)c3[nH]c(C(=O)NCc4ccc(C(=O)NO)cc4)cc23)cc1. The number of rotatable bonds is 7. The maximum atomic E-state index is 12.8.